The van der Waals surface area contributed by atoms with Gasteiger partial charge >= 0.3 is 12.3 Å². The van der Waals surface area contributed by atoms with Crippen LogP contribution in [0.5, 0.6) is 0 Å². The fourth-order valence-electron chi connectivity index (χ4n) is 1.66. The van der Waals surface area contributed by atoms with Crippen LogP contribution in [-0.4, -0.2) is 33.9 Å². The first-order valence-electron chi connectivity index (χ1n) is 4.98. The molecule has 0 aliphatic carbocycles. The van der Waals surface area contributed by atoms with Gasteiger partial charge in [-0.1, -0.05) is 11.6 Å². The van der Waals surface area contributed by atoms with Gasteiger partial charge < -0.3 is 10.1 Å². The van der Waals surface area contributed by atoms with Gasteiger partial charge in [0.1, 0.15) is 6.54 Å². The number of halogens is 4. The zero-order chi connectivity index (χ0) is 14.2. The Labute approximate surface area is 109 Å². The Morgan fingerprint density at radius 2 is 2.21 bits per heavy atom. The molecule has 2 N–H and O–H groups in total. The van der Waals surface area contributed by atoms with Crippen LogP contribution in [0, 0.1) is 0 Å². The van der Waals surface area contributed by atoms with Crippen LogP contribution in [0.2, 0.25) is 5.15 Å². The number of fused-ring (bicyclic) bond motifs is 1. The molecule has 1 amide bonds. The molecular formula is C10H7ClF3N3O2. The van der Waals surface area contributed by atoms with E-state index in [4.69, 9.17) is 16.7 Å². The maximum absolute atomic E-state index is 12.4. The Kier molecular flexibility index (Phi) is 3.27. The monoisotopic (exact) mass is 293 g/mol. The van der Waals surface area contributed by atoms with E-state index in [0.717, 1.165) is 6.20 Å². The molecule has 0 aromatic carbocycles. The van der Waals surface area contributed by atoms with Gasteiger partial charge in [-0.15, -0.1) is 0 Å². The molecule has 0 spiro atoms. The minimum atomic E-state index is -4.65. The Hall–Kier alpha value is -1.96. The molecule has 102 valence electrons. The molecule has 0 fully saturated rings. The van der Waals surface area contributed by atoms with E-state index in [9.17, 15) is 18.0 Å². The smallest absolute Gasteiger partial charge is 0.412 e. The number of alkyl halides is 3. The summed E-state index contributed by atoms with van der Waals surface area (Å²) in [6.07, 6.45) is -3.93. The average molecular weight is 294 g/mol. The summed E-state index contributed by atoms with van der Waals surface area (Å²) in [7, 11) is 0. The van der Waals surface area contributed by atoms with Crippen LogP contribution in [0.4, 0.5) is 23.7 Å². The number of hydrogen-bond acceptors (Lipinski definition) is 2. The van der Waals surface area contributed by atoms with E-state index in [1.54, 1.807) is 0 Å². The van der Waals surface area contributed by atoms with Crippen LogP contribution in [0.15, 0.2) is 18.5 Å². The van der Waals surface area contributed by atoms with Crippen LogP contribution in [0.25, 0.3) is 10.9 Å². The van der Waals surface area contributed by atoms with Gasteiger partial charge in [-0.2, -0.15) is 13.2 Å². The third kappa shape index (κ3) is 2.73. The second-order valence-corrected chi connectivity index (χ2v) is 4.04. The zero-order valence-corrected chi connectivity index (χ0v) is 9.96. The lowest BCUT2D eigenvalue weighted by Crippen LogP contribution is -2.38. The van der Waals surface area contributed by atoms with Crippen LogP contribution in [0.3, 0.4) is 0 Å². The van der Waals surface area contributed by atoms with E-state index in [-0.39, 0.29) is 26.6 Å². The number of amides is 1. The number of carboxylic acid groups (broad SMARTS) is 1. The minimum absolute atomic E-state index is 0.0566. The van der Waals surface area contributed by atoms with Gasteiger partial charge in [0, 0.05) is 11.6 Å². The first-order chi connectivity index (χ1) is 8.79. The lowest BCUT2D eigenvalue weighted by molar-refractivity contribution is -0.118. The van der Waals surface area contributed by atoms with E-state index >= 15 is 0 Å². The SMILES string of the molecule is O=C(O)N(CC(F)(F)F)c1cnc(Cl)c2[nH]ccc12. The number of aromatic nitrogens is 2. The molecule has 0 radical (unpaired) electrons. The first-order valence-corrected chi connectivity index (χ1v) is 5.36. The molecule has 0 unspecified atom stereocenters. The van der Waals surface area contributed by atoms with Gasteiger partial charge in [0.15, 0.2) is 5.15 Å². The molecule has 0 aliphatic rings. The number of aromatic amines is 1. The molecule has 2 aromatic heterocycles. The van der Waals surface area contributed by atoms with E-state index in [1.165, 1.54) is 12.3 Å². The van der Waals surface area contributed by atoms with Crippen molar-refractivity contribution in [1.82, 2.24) is 9.97 Å². The highest BCUT2D eigenvalue weighted by Crippen LogP contribution is 2.31. The maximum atomic E-state index is 12.4. The molecule has 9 heteroatoms. The Bertz CT molecular complexity index is 626. The minimum Gasteiger partial charge on any atom is -0.465 e. The van der Waals surface area contributed by atoms with E-state index in [1.807, 2.05) is 0 Å². The number of anilines is 1. The number of nitrogens with zero attached hydrogens (tertiary/aromatic N) is 2. The molecule has 5 nitrogen and oxygen atoms in total. The molecule has 2 aromatic rings. The standard InChI is InChI=1S/C10H7ClF3N3O2/c11-8-7-5(1-2-15-7)6(3-16-8)17(9(18)19)4-10(12,13)14/h1-3,15H,4H2,(H,18,19). The molecular weight excluding hydrogens is 287 g/mol. The summed E-state index contributed by atoms with van der Waals surface area (Å²) in [5.74, 6) is 0. The number of pyridine rings is 1. The number of carbonyl (C=O) groups is 1. The lowest BCUT2D eigenvalue weighted by Gasteiger charge is -2.21. The van der Waals surface area contributed by atoms with Crippen molar-refractivity contribution in [1.29, 1.82) is 0 Å². The van der Waals surface area contributed by atoms with Gasteiger partial charge in [0.25, 0.3) is 0 Å². The van der Waals surface area contributed by atoms with Crippen molar-refractivity contribution in [2.24, 2.45) is 0 Å². The number of H-pyrrole nitrogens is 1. The van der Waals surface area contributed by atoms with E-state index < -0.39 is 18.8 Å². The van der Waals surface area contributed by atoms with Crippen LogP contribution < -0.4 is 4.90 Å². The van der Waals surface area contributed by atoms with Crippen LogP contribution in [-0.2, 0) is 0 Å². The predicted molar refractivity (Wildman–Crippen MR) is 62.5 cm³/mol. The fourth-order valence-corrected chi connectivity index (χ4v) is 1.86. The van der Waals surface area contributed by atoms with Crippen molar-refractivity contribution < 1.29 is 23.1 Å². The Morgan fingerprint density at radius 3 is 2.79 bits per heavy atom. The Morgan fingerprint density at radius 1 is 1.53 bits per heavy atom. The number of nitrogens with one attached hydrogen (secondary N) is 1. The molecule has 19 heavy (non-hydrogen) atoms. The molecule has 2 rings (SSSR count). The van der Waals surface area contributed by atoms with Crippen molar-refractivity contribution in [2.75, 3.05) is 11.4 Å². The van der Waals surface area contributed by atoms with Crippen LogP contribution in [0.1, 0.15) is 0 Å². The molecule has 0 atom stereocenters. The molecule has 0 saturated carbocycles. The summed E-state index contributed by atoms with van der Waals surface area (Å²) in [5, 5.41) is 9.22. The number of hydrogen-bond donors (Lipinski definition) is 2. The molecule has 2 heterocycles. The van der Waals surface area contributed by atoms with Gasteiger partial charge in [0.05, 0.1) is 17.4 Å². The van der Waals surface area contributed by atoms with E-state index in [2.05, 4.69) is 9.97 Å². The lowest BCUT2D eigenvalue weighted by atomic mass is 10.2. The molecule has 0 bridgehead atoms. The summed E-state index contributed by atoms with van der Waals surface area (Å²) < 4.78 is 37.2. The highest BCUT2D eigenvalue weighted by atomic mass is 35.5. The first kappa shape index (κ1) is 13.5. The van der Waals surface area contributed by atoms with Crippen molar-refractivity contribution in [3.05, 3.63) is 23.6 Å². The third-order valence-corrected chi connectivity index (χ3v) is 2.68. The highest BCUT2D eigenvalue weighted by Gasteiger charge is 2.34. The maximum Gasteiger partial charge on any atom is 0.412 e. The van der Waals surface area contributed by atoms with Gasteiger partial charge in [-0.25, -0.2) is 9.78 Å². The average Bonchev–Trinajstić information content (AvgIpc) is 2.75. The fraction of sp³-hybridized carbons (Fsp3) is 0.200. The number of rotatable bonds is 2. The van der Waals surface area contributed by atoms with Gasteiger partial charge in [0.2, 0.25) is 0 Å². The van der Waals surface area contributed by atoms with E-state index in [0.29, 0.717) is 0 Å². The predicted octanol–water partition coefficient (Wildman–Crippen LogP) is 3.26. The summed E-state index contributed by atoms with van der Waals surface area (Å²) in [5.41, 5.74) is 0.109. The van der Waals surface area contributed by atoms with Crippen LogP contribution >= 0.6 is 11.6 Å². The topological polar surface area (TPSA) is 69.2 Å². The third-order valence-electron chi connectivity index (χ3n) is 2.39. The van der Waals surface area contributed by atoms with Crippen molar-refractivity contribution in [3.8, 4) is 0 Å². The van der Waals surface area contributed by atoms with Crippen molar-refractivity contribution in [2.45, 2.75) is 6.18 Å². The quantitative estimate of drug-likeness (QED) is 0.835. The molecule has 0 saturated heterocycles. The zero-order valence-electron chi connectivity index (χ0n) is 9.20. The summed E-state index contributed by atoms with van der Waals surface area (Å²) >= 11 is 5.76. The van der Waals surface area contributed by atoms with Gasteiger partial charge in [-0.05, 0) is 6.07 Å². The second kappa shape index (κ2) is 4.61. The summed E-state index contributed by atoms with van der Waals surface area (Å²) in [4.78, 5) is 17.5. The normalized spacial score (nSPS) is 11.8. The summed E-state index contributed by atoms with van der Waals surface area (Å²) in [6, 6.07) is 1.44. The highest BCUT2D eigenvalue weighted by molar-refractivity contribution is 6.34. The summed E-state index contributed by atoms with van der Waals surface area (Å²) in [6.45, 7) is -1.62. The Balaban J connectivity index is 2.54. The second-order valence-electron chi connectivity index (χ2n) is 3.68. The largest absolute Gasteiger partial charge is 0.465 e. The van der Waals surface area contributed by atoms with Crippen molar-refractivity contribution >= 4 is 34.3 Å². The van der Waals surface area contributed by atoms with Gasteiger partial charge in [-0.3, -0.25) is 4.90 Å². The molecule has 0 aliphatic heterocycles. The van der Waals surface area contributed by atoms with Crippen molar-refractivity contribution in [3.63, 3.8) is 0 Å².